The fraction of sp³-hybridized carbons (Fsp3) is 0.571. The van der Waals surface area contributed by atoms with Crippen LogP contribution >= 0.6 is 0 Å². The van der Waals surface area contributed by atoms with E-state index in [1.54, 1.807) is 6.92 Å². The minimum Gasteiger partial charge on any atom is -0.487 e. The normalized spacial score (nSPS) is 30.2. The Hall–Kier alpha value is -1.06. The quantitative estimate of drug-likeness (QED) is 0.847. The van der Waals surface area contributed by atoms with Crippen LogP contribution in [0.15, 0.2) is 24.3 Å². The van der Waals surface area contributed by atoms with Crippen molar-refractivity contribution in [1.29, 1.82) is 0 Å². The molecule has 3 heteroatoms. The van der Waals surface area contributed by atoms with Crippen LogP contribution in [-0.4, -0.2) is 21.9 Å². The highest BCUT2D eigenvalue weighted by Gasteiger charge is 2.38. The highest BCUT2D eigenvalue weighted by atomic mass is 16.5. The Labute approximate surface area is 102 Å². The lowest BCUT2D eigenvalue weighted by Crippen LogP contribution is -2.37. The van der Waals surface area contributed by atoms with E-state index in [4.69, 9.17) is 4.74 Å². The molecule has 17 heavy (non-hydrogen) atoms. The summed E-state index contributed by atoms with van der Waals surface area (Å²) in [4.78, 5) is 0. The van der Waals surface area contributed by atoms with E-state index < -0.39 is 11.7 Å². The predicted octanol–water partition coefficient (Wildman–Crippen LogP) is 2.42. The number of hydrogen-bond acceptors (Lipinski definition) is 3. The van der Waals surface area contributed by atoms with Gasteiger partial charge in [-0.15, -0.1) is 0 Å². The number of rotatable bonds is 3. The lowest BCUT2D eigenvalue weighted by molar-refractivity contribution is -0.0252. The minimum atomic E-state index is -0.719. The van der Waals surface area contributed by atoms with E-state index in [-0.39, 0.29) is 6.10 Å². The van der Waals surface area contributed by atoms with Crippen LogP contribution in [-0.2, 0) is 0 Å². The molecule has 0 bridgehead atoms. The van der Waals surface area contributed by atoms with Crippen molar-refractivity contribution in [2.75, 3.05) is 0 Å². The van der Waals surface area contributed by atoms with E-state index in [0.29, 0.717) is 0 Å². The first-order valence-electron chi connectivity index (χ1n) is 6.16. The van der Waals surface area contributed by atoms with E-state index in [0.717, 1.165) is 30.6 Å². The van der Waals surface area contributed by atoms with Gasteiger partial charge in [-0.3, -0.25) is 0 Å². The molecule has 3 nitrogen and oxygen atoms in total. The second-order valence-electron chi connectivity index (χ2n) is 5.10. The molecule has 94 valence electrons. The van der Waals surface area contributed by atoms with Gasteiger partial charge in [0.15, 0.2) is 0 Å². The molecule has 1 aromatic carbocycles. The summed E-state index contributed by atoms with van der Waals surface area (Å²) in [6.07, 6.45) is 2.11. The largest absolute Gasteiger partial charge is 0.487 e. The monoisotopic (exact) mass is 236 g/mol. The summed E-state index contributed by atoms with van der Waals surface area (Å²) >= 11 is 0. The third kappa shape index (κ3) is 2.79. The van der Waals surface area contributed by atoms with Gasteiger partial charge in [-0.05, 0) is 50.8 Å². The van der Waals surface area contributed by atoms with Gasteiger partial charge in [0, 0.05) is 0 Å². The zero-order valence-electron chi connectivity index (χ0n) is 10.4. The molecule has 2 rings (SSSR count). The molecule has 0 saturated heterocycles. The molecule has 3 atom stereocenters. The first-order chi connectivity index (χ1) is 7.99. The zero-order valence-corrected chi connectivity index (χ0v) is 10.4. The second kappa shape index (κ2) is 4.67. The van der Waals surface area contributed by atoms with Crippen molar-refractivity contribution in [3.8, 4) is 5.75 Å². The van der Waals surface area contributed by atoms with Gasteiger partial charge in [0.25, 0.3) is 0 Å². The van der Waals surface area contributed by atoms with Gasteiger partial charge in [-0.1, -0.05) is 12.1 Å². The smallest absolute Gasteiger partial charge is 0.127 e. The third-order valence-electron chi connectivity index (χ3n) is 3.48. The standard InChI is InChI=1S/C14H20O3/c1-10(15)11-5-7-12(8-6-11)17-13-4-3-9-14(13,2)16/h5-8,10,13,15-16H,3-4,9H2,1-2H3/t10-,13?,14?/m0/s1. The summed E-state index contributed by atoms with van der Waals surface area (Å²) in [6, 6.07) is 7.39. The lowest BCUT2D eigenvalue weighted by atomic mass is 10.0. The molecule has 0 radical (unpaired) electrons. The van der Waals surface area contributed by atoms with Crippen molar-refractivity contribution in [3.63, 3.8) is 0 Å². The summed E-state index contributed by atoms with van der Waals surface area (Å²) < 4.78 is 5.79. The molecule has 1 aromatic rings. The lowest BCUT2D eigenvalue weighted by Gasteiger charge is -2.26. The maximum atomic E-state index is 10.1. The zero-order chi connectivity index (χ0) is 12.5. The fourth-order valence-corrected chi connectivity index (χ4v) is 2.29. The van der Waals surface area contributed by atoms with Crippen molar-refractivity contribution < 1.29 is 14.9 Å². The molecule has 1 saturated carbocycles. The van der Waals surface area contributed by atoms with Crippen LogP contribution in [0.5, 0.6) is 5.75 Å². The SMILES string of the molecule is C[C@H](O)c1ccc(OC2CCCC2(C)O)cc1. The molecular weight excluding hydrogens is 216 g/mol. The van der Waals surface area contributed by atoms with E-state index >= 15 is 0 Å². The Morgan fingerprint density at radius 2 is 2.00 bits per heavy atom. The molecule has 1 aliphatic carbocycles. The first kappa shape index (κ1) is 12.4. The van der Waals surface area contributed by atoms with Crippen molar-refractivity contribution in [1.82, 2.24) is 0 Å². The molecule has 1 aliphatic rings. The number of ether oxygens (including phenoxy) is 1. The number of aliphatic hydroxyl groups is 2. The maximum absolute atomic E-state index is 10.1. The summed E-state index contributed by atoms with van der Waals surface area (Å²) in [5.41, 5.74) is 0.152. The molecule has 0 aromatic heterocycles. The van der Waals surface area contributed by atoms with Crippen molar-refractivity contribution in [2.24, 2.45) is 0 Å². The Morgan fingerprint density at radius 3 is 2.47 bits per heavy atom. The van der Waals surface area contributed by atoms with Crippen molar-refractivity contribution in [2.45, 2.75) is 50.9 Å². The Morgan fingerprint density at radius 1 is 1.35 bits per heavy atom. The minimum absolute atomic E-state index is 0.125. The Kier molecular flexibility index (Phi) is 3.40. The van der Waals surface area contributed by atoms with Gasteiger partial charge < -0.3 is 14.9 Å². The van der Waals surface area contributed by atoms with Crippen LogP contribution in [0.3, 0.4) is 0 Å². The van der Waals surface area contributed by atoms with Gasteiger partial charge >= 0.3 is 0 Å². The second-order valence-corrected chi connectivity index (χ2v) is 5.10. The number of hydrogen-bond donors (Lipinski definition) is 2. The summed E-state index contributed by atoms with van der Waals surface area (Å²) in [6.45, 7) is 3.56. The molecule has 2 N–H and O–H groups in total. The summed E-state index contributed by atoms with van der Waals surface area (Å²) in [5.74, 6) is 0.751. The van der Waals surface area contributed by atoms with Gasteiger partial charge in [0.2, 0.25) is 0 Å². The van der Waals surface area contributed by atoms with Crippen LogP contribution in [0.4, 0.5) is 0 Å². The highest BCUT2D eigenvalue weighted by Crippen LogP contribution is 2.33. The van der Waals surface area contributed by atoms with E-state index in [1.807, 2.05) is 31.2 Å². The van der Waals surface area contributed by atoms with Crippen LogP contribution in [0.25, 0.3) is 0 Å². The fourth-order valence-electron chi connectivity index (χ4n) is 2.29. The van der Waals surface area contributed by atoms with Gasteiger partial charge in [0.1, 0.15) is 11.9 Å². The van der Waals surface area contributed by atoms with Crippen LogP contribution in [0.2, 0.25) is 0 Å². The van der Waals surface area contributed by atoms with E-state index in [2.05, 4.69) is 0 Å². The van der Waals surface area contributed by atoms with E-state index in [9.17, 15) is 10.2 Å². The average molecular weight is 236 g/mol. The average Bonchev–Trinajstić information content (AvgIpc) is 2.59. The number of aliphatic hydroxyl groups excluding tert-OH is 1. The predicted molar refractivity (Wildman–Crippen MR) is 66.0 cm³/mol. The highest BCUT2D eigenvalue weighted by molar-refractivity contribution is 5.28. The van der Waals surface area contributed by atoms with Crippen molar-refractivity contribution >= 4 is 0 Å². The molecular formula is C14H20O3. The maximum Gasteiger partial charge on any atom is 0.127 e. The van der Waals surface area contributed by atoms with E-state index in [1.165, 1.54) is 0 Å². The molecule has 0 heterocycles. The van der Waals surface area contributed by atoms with Gasteiger partial charge in [-0.2, -0.15) is 0 Å². The third-order valence-corrected chi connectivity index (χ3v) is 3.48. The van der Waals surface area contributed by atoms with Crippen LogP contribution < -0.4 is 4.74 Å². The Balaban J connectivity index is 2.04. The molecule has 0 spiro atoms. The van der Waals surface area contributed by atoms with Crippen LogP contribution in [0.1, 0.15) is 44.8 Å². The first-order valence-corrected chi connectivity index (χ1v) is 6.16. The number of benzene rings is 1. The van der Waals surface area contributed by atoms with Gasteiger partial charge in [-0.25, -0.2) is 0 Å². The van der Waals surface area contributed by atoms with Crippen molar-refractivity contribution in [3.05, 3.63) is 29.8 Å². The summed E-state index contributed by atoms with van der Waals surface area (Å²) in [7, 11) is 0. The molecule has 0 aliphatic heterocycles. The molecule has 1 fully saturated rings. The molecule has 2 unspecified atom stereocenters. The topological polar surface area (TPSA) is 49.7 Å². The molecule has 0 amide bonds. The van der Waals surface area contributed by atoms with Crippen LogP contribution in [0, 0.1) is 0 Å². The Bertz CT molecular complexity index is 368. The van der Waals surface area contributed by atoms with Gasteiger partial charge in [0.05, 0.1) is 11.7 Å². The summed E-state index contributed by atoms with van der Waals surface area (Å²) in [5, 5.41) is 19.5.